The van der Waals surface area contributed by atoms with Crippen LogP contribution in [0.2, 0.25) is 0 Å². The number of benzene rings is 1. The first-order valence-corrected chi connectivity index (χ1v) is 6.53. The van der Waals surface area contributed by atoms with Crippen LogP contribution in [0, 0.1) is 18.8 Å². The first kappa shape index (κ1) is 13.7. The van der Waals surface area contributed by atoms with E-state index in [0.717, 1.165) is 5.56 Å². The van der Waals surface area contributed by atoms with Crippen LogP contribution in [-0.2, 0) is 9.59 Å². The number of nitrogens with zero attached hydrogens (tertiary/aromatic N) is 1. The molecule has 1 aliphatic heterocycles. The molecule has 5 heteroatoms. The molecule has 4 nitrogen and oxygen atoms in total. The molecule has 2 amide bonds. The second kappa shape index (κ2) is 4.74. The van der Waals surface area contributed by atoms with Gasteiger partial charge in [0.25, 0.3) is 0 Å². The van der Waals surface area contributed by atoms with E-state index in [-0.39, 0.29) is 28.6 Å². The Labute approximate surface area is 117 Å². The van der Waals surface area contributed by atoms with Gasteiger partial charge in [-0.05, 0) is 18.6 Å². The van der Waals surface area contributed by atoms with E-state index in [1.54, 1.807) is 26.0 Å². The summed E-state index contributed by atoms with van der Waals surface area (Å²) in [5, 5.41) is 0. The van der Waals surface area contributed by atoms with E-state index in [9.17, 15) is 9.59 Å². The molecule has 0 aliphatic carbocycles. The van der Waals surface area contributed by atoms with Crippen LogP contribution in [0.25, 0.3) is 0 Å². The van der Waals surface area contributed by atoms with Gasteiger partial charge in [0.15, 0.2) is 0 Å². The van der Waals surface area contributed by atoms with Crippen molar-refractivity contribution in [1.82, 2.24) is 0 Å². The largest absolute Gasteiger partial charge is 0.389 e. The molecular formula is C14H16N2O2S. The third kappa shape index (κ3) is 2.14. The minimum absolute atomic E-state index is 0.166. The number of hydrogen-bond donors (Lipinski definition) is 1. The van der Waals surface area contributed by atoms with E-state index in [4.69, 9.17) is 18.0 Å². The summed E-state index contributed by atoms with van der Waals surface area (Å²) < 4.78 is 0. The molecule has 1 aromatic rings. The molecule has 0 saturated carbocycles. The van der Waals surface area contributed by atoms with Crippen molar-refractivity contribution in [1.29, 1.82) is 0 Å². The molecule has 100 valence electrons. The average molecular weight is 276 g/mol. The summed E-state index contributed by atoms with van der Waals surface area (Å²) in [5.74, 6) is -0.915. The number of rotatable bonds is 2. The summed E-state index contributed by atoms with van der Waals surface area (Å²) in [6.07, 6.45) is 0. The summed E-state index contributed by atoms with van der Waals surface area (Å²) >= 11 is 4.93. The van der Waals surface area contributed by atoms with Gasteiger partial charge in [-0.2, -0.15) is 0 Å². The molecule has 0 bridgehead atoms. The van der Waals surface area contributed by atoms with E-state index >= 15 is 0 Å². The van der Waals surface area contributed by atoms with E-state index in [0.29, 0.717) is 11.3 Å². The number of carbonyl (C=O) groups is 2. The van der Waals surface area contributed by atoms with Crippen molar-refractivity contribution in [2.45, 2.75) is 20.8 Å². The smallest absolute Gasteiger partial charge is 0.237 e. The summed E-state index contributed by atoms with van der Waals surface area (Å²) in [7, 11) is 0. The van der Waals surface area contributed by atoms with Crippen LogP contribution < -0.4 is 10.6 Å². The van der Waals surface area contributed by atoms with Crippen molar-refractivity contribution in [2.24, 2.45) is 17.6 Å². The Bertz CT molecular complexity index is 563. The molecule has 2 N–H and O–H groups in total. The molecule has 2 unspecified atom stereocenters. The molecule has 1 fully saturated rings. The quantitative estimate of drug-likeness (QED) is 0.660. The zero-order valence-corrected chi connectivity index (χ0v) is 12.0. The third-order valence-electron chi connectivity index (χ3n) is 3.70. The van der Waals surface area contributed by atoms with Gasteiger partial charge in [-0.3, -0.25) is 9.59 Å². The van der Waals surface area contributed by atoms with Crippen LogP contribution in [0.15, 0.2) is 18.2 Å². The van der Waals surface area contributed by atoms with Crippen molar-refractivity contribution < 1.29 is 9.59 Å². The molecule has 1 aromatic carbocycles. The Hall–Kier alpha value is -1.75. The highest BCUT2D eigenvalue weighted by Gasteiger charge is 2.43. The van der Waals surface area contributed by atoms with E-state index in [1.165, 1.54) is 4.90 Å². The summed E-state index contributed by atoms with van der Waals surface area (Å²) in [6, 6.07) is 5.31. The third-order valence-corrected chi connectivity index (χ3v) is 3.94. The Morgan fingerprint density at radius 3 is 2.21 bits per heavy atom. The lowest BCUT2D eigenvalue weighted by molar-refractivity contribution is -0.122. The average Bonchev–Trinajstić information content (AvgIpc) is 2.55. The lowest BCUT2D eigenvalue weighted by Crippen LogP contribution is -2.31. The van der Waals surface area contributed by atoms with Crippen LogP contribution in [0.1, 0.15) is 25.0 Å². The zero-order chi connectivity index (χ0) is 14.3. The van der Waals surface area contributed by atoms with E-state index in [2.05, 4.69) is 0 Å². The van der Waals surface area contributed by atoms with Gasteiger partial charge in [0.1, 0.15) is 4.99 Å². The predicted molar refractivity (Wildman–Crippen MR) is 77.9 cm³/mol. The fraction of sp³-hybridized carbons (Fsp3) is 0.357. The monoisotopic (exact) mass is 276 g/mol. The number of anilines is 1. The molecule has 19 heavy (non-hydrogen) atoms. The lowest BCUT2D eigenvalue weighted by Gasteiger charge is -2.18. The number of carbonyl (C=O) groups excluding carboxylic acids is 2. The zero-order valence-electron chi connectivity index (χ0n) is 11.1. The normalized spacial score (nSPS) is 23.0. The summed E-state index contributed by atoms with van der Waals surface area (Å²) in [6.45, 7) is 5.40. The molecule has 0 spiro atoms. The van der Waals surface area contributed by atoms with Gasteiger partial charge < -0.3 is 5.73 Å². The second-order valence-corrected chi connectivity index (χ2v) is 5.39. The number of hydrogen-bond acceptors (Lipinski definition) is 3. The molecule has 1 heterocycles. The van der Waals surface area contributed by atoms with Crippen molar-refractivity contribution in [2.75, 3.05) is 4.90 Å². The molecule has 1 saturated heterocycles. The van der Waals surface area contributed by atoms with Gasteiger partial charge in [-0.1, -0.05) is 38.2 Å². The van der Waals surface area contributed by atoms with Gasteiger partial charge in [-0.15, -0.1) is 0 Å². The number of amides is 2. The fourth-order valence-corrected chi connectivity index (χ4v) is 2.31. The van der Waals surface area contributed by atoms with Crippen molar-refractivity contribution >= 4 is 34.7 Å². The molecular weight excluding hydrogens is 260 g/mol. The first-order chi connectivity index (χ1) is 8.84. The van der Waals surface area contributed by atoms with Gasteiger partial charge in [0, 0.05) is 17.4 Å². The SMILES string of the molecule is Cc1ccc(C(N)=S)cc1N1C(=O)C(C)C(C)C1=O. The number of thiocarbonyl (C=S) groups is 1. The highest BCUT2D eigenvalue weighted by molar-refractivity contribution is 7.80. The van der Waals surface area contributed by atoms with Crippen LogP contribution in [0.3, 0.4) is 0 Å². The number of aryl methyl sites for hydroxylation is 1. The van der Waals surface area contributed by atoms with Crippen molar-refractivity contribution in [3.05, 3.63) is 29.3 Å². The van der Waals surface area contributed by atoms with Crippen LogP contribution in [0.5, 0.6) is 0 Å². The van der Waals surface area contributed by atoms with Crippen LogP contribution in [-0.4, -0.2) is 16.8 Å². The van der Waals surface area contributed by atoms with Gasteiger partial charge in [0.2, 0.25) is 11.8 Å². The Morgan fingerprint density at radius 2 is 1.74 bits per heavy atom. The Balaban J connectivity index is 2.53. The first-order valence-electron chi connectivity index (χ1n) is 6.13. The minimum Gasteiger partial charge on any atom is -0.389 e. The summed E-state index contributed by atoms with van der Waals surface area (Å²) in [4.78, 5) is 25.9. The molecule has 0 radical (unpaired) electrons. The Kier molecular flexibility index (Phi) is 3.41. The maximum absolute atomic E-state index is 12.2. The maximum atomic E-state index is 12.2. The molecule has 2 atom stereocenters. The molecule has 1 aliphatic rings. The number of nitrogens with two attached hydrogens (primary N) is 1. The van der Waals surface area contributed by atoms with Gasteiger partial charge in [0.05, 0.1) is 5.69 Å². The Morgan fingerprint density at radius 1 is 1.21 bits per heavy atom. The second-order valence-electron chi connectivity index (χ2n) is 4.95. The van der Waals surface area contributed by atoms with Crippen LogP contribution in [0.4, 0.5) is 5.69 Å². The minimum atomic E-state index is -0.291. The maximum Gasteiger partial charge on any atom is 0.237 e. The van der Waals surface area contributed by atoms with Crippen LogP contribution >= 0.6 is 12.2 Å². The summed E-state index contributed by atoms with van der Waals surface area (Å²) in [5.41, 5.74) is 7.68. The predicted octanol–water partition coefficient (Wildman–Crippen LogP) is 1.77. The lowest BCUT2D eigenvalue weighted by atomic mass is 10.00. The van der Waals surface area contributed by atoms with Gasteiger partial charge in [-0.25, -0.2) is 4.90 Å². The van der Waals surface area contributed by atoms with E-state index < -0.39 is 0 Å². The van der Waals surface area contributed by atoms with Crippen molar-refractivity contribution in [3.63, 3.8) is 0 Å². The van der Waals surface area contributed by atoms with Crippen molar-refractivity contribution in [3.8, 4) is 0 Å². The molecule has 0 aromatic heterocycles. The number of imide groups is 1. The highest BCUT2D eigenvalue weighted by Crippen LogP contribution is 2.32. The topological polar surface area (TPSA) is 63.4 Å². The fourth-order valence-electron chi connectivity index (χ4n) is 2.18. The van der Waals surface area contributed by atoms with E-state index in [1.807, 2.05) is 13.0 Å². The molecule has 2 rings (SSSR count). The standard InChI is InChI=1S/C14H16N2O2S/c1-7-4-5-10(12(15)19)6-11(7)16-13(17)8(2)9(3)14(16)18/h4-6,8-9H,1-3H3,(H2,15,19). The van der Waals surface area contributed by atoms with Gasteiger partial charge >= 0.3 is 0 Å². The highest BCUT2D eigenvalue weighted by atomic mass is 32.1.